The van der Waals surface area contributed by atoms with E-state index in [1.807, 2.05) is 32.9 Å². The molecule has 0 aromatic carbocycles. The number of carbonyl (C=O) groups is 1. The van der Waals surface area contributed by atoms with Gasteiger partial charge in [0.05, 0.1) is 4.83 Å². The van der Waals surface area contributed by atoms with Crippen molar-refractivity contribution in [2.45, 2.75) is 25.6 Å². The molecule has 0 aliphatic rings. The lowest BCUT2D eigenvalue weighted by atomic mass is 9.87. The molecule has 3 heteroatoms. The molecule has 2 nitrogen and oxygen atoms in total. The molecule has 0 saturated heterocycles. The first kappa shape index (κ1) is 11.4. The van der Waals surface area contributed by atoms with Crippen LogP contribution in [-0.4, -0.2) is 10.8 Å². The second kappa shape index (κ2) is 4.22. The highest BCUT2D eigenvalue weighted by molar-refractivity contribution is 9.09. The topological polar surface area (TPSA) is 30.0 Å². The zero-order valence-corrected chi connectivity index (χ0v) is 10.2. The molecule has 1 aromatic heterocycles. The van der Waals surface area contributed by atoms with Gasteiger partial charge >= 0.3 is 0 Å². The van der Waals surface area contributed by atoms with Crippen LogP contribution in [0.1, 0.15) is 31.2 Å². The Kier molecular flexibility index (Phi) is 3.43. The van der Waals surface area contributed by atoms with E-state index in [4.69, 9.17) is 0 Å². The van der Waals surface area contributed by atoms with Crippen LogP contribution in [0.4, 0.5) is 0 Å². The van der Waals surface area contributed by atoms with E-state index in [0.29, 0.717) is 0 Å². The Balaban J connectivity index is 2.87. The van der Waals surface area contributed by atoms with Gasteiger partial charge in [0.15, 0.2) is 5.78 Å². The predicted molar refractivity (Wildman–Crippen MR) is 60.4 cm³/mol. The zero-order chi connectivity index (χ0) is 10.8. The van der Waals surface area contributed by atoms with E-state index >= 15 is 0 Å². The largest absolute Gasteiger partial charge is 0.297 e. The maximum absolute atomic E-state index is 11.9. The highest BCUT2D eigenvalue weighted by Crippen LogP contribution is 2.31. The van der Waals surface area contributed by atoms with Gasteiger partial charge in [-0.25, -0.2) is 0 Å². The lowest BCUT2D eigenvalue weighted by molar-refractivity contribution is -0.125. The summed E-state index contributed by atoms with van der Waals surface area (Å²) in [5, 5.41) is 0. The van der Waals surface area contributed by atoms with Crippen molar-refractivity contribution in [3.05, 3.63) is 30.1 Å². The van der Waals surface area contributed by atoms with Crippen LogP contribution in [0.3, 0.4) is 0 Å². The molecule has 0 amide bonds. The highest BCUT2D eigenvalue weighted by atomic mass is 79.9. The number of hydrogen-bond acceptors (Lipinski definition) is 2. The van der Waals surface area contributed by atoms with E-state index in [2.05, 4.69) is 20.9 Å². The van der Waals surface area contributed by atoms with Gasteiger partial charge in [0.2, 0.25) is 0 Å². The molecule has 1 aromatic rings. The molecule has 1 atom stereocenters. The third-order valence-corrected chi connectivity index (χ3v) is 2.91. The molecule has 1 heterocycles. The summed E-state index contributed by atoms with van der Waals surface area (Å²) < 4.78 is 0. The summed E-state index contributed by atoms with van der Waals surface area (Å²) in [7, 11) is 0. The van der Waals surface area contributed by atoms with Crippen molar-refractivity contribution in [3.8, 4) is 0 Å². The van der Waals surface area contributed by atoms with Gasteiger partial charge in [0.1, 0.15) is 0 Å². The van der Waals surface area contributed by atoms with Crippen LogP contribution in [0.5, 0.6) is 0 Å². The quantitative estimate of drug-likeness (QED) is 0.761. The van der Waals surface area contributed by atoms with Crippen molar-refractivity contribution in [3.63, 3.8) is 0 Å². The number of hydrogen-bond donors (Lipinski definition) is 0. The number of aromatic nitrogens is 1. The average molecular weight is 256 g/mol. The first-order valence-electron chi connectivity index (χ1n) is 4.51. The zero-order valence-electron chi connectivity index (χ0n) is 8.62. The third-order valence-electron chi connectivity index (χ3n) is 1.97. The third kappa shape index (κ3) is 2.64. The lowest BCUT2D eigenvalue weighted by Gasteiger charge is -2.20. The van der Waals surface area contributed by atoms with E-state index < -0.39 is 0 Å². The van der Waals surface area contributed by atoms with Gasteiger partial charge in [-0.2, -0.15) is 0 Å². The van der Waals surface area contributed by atoms with Crippen molar-refractivity contribution >= 4 is 21.7 Å². The van der Waals surface area contributed by atoms with E-state index in [-0.39, 0.29) is 16.0 Å². The fourth-order valence-electron chi connectivity index (χ4n) is 1.06. The molecule has 0 saturated carbocycles. The maximum Gasteiger partial charge on any atom is 0.156 e. The van der Waals surface area contributed by atoms with Gasteiger partial charge < -0.3 is 0 Å². The lowest BCUT2D eigenvalue weighted by Crippen LogP contribution is -2.23. The summed E-state index contributed by atoms with van der Waals surface area (Å²) in [6.45, 7) is 5.76. The molecule has 0 aliphatic heterocycles. The predicted octanol–water partition coefficient (Wildman–Crippen LogP) is 3.13. The molecule has 76 valence electrons. The molecule has 0 bridgehead atoms. The van der Waals surface area contributed by atoms with Crippen molar-refractivity contribution in [1.29, 1.82) is 0 Å². The van der Waals surface area contributed by atoms with Crippen LogP contribution in [0.25, 0.3) is 0 Å². The number of ketones is 1. The average Bonchev–Trinajstić information content (AvgIpc) is 2.15. The van der Waals surface area contributed by atoms with Gasteiger partial charge in [-0.3, -0.25) is 9.78 Å². The first-order valence-corrected chi connectivity index (χ1v) is 5.43. The minimum Gasteiger partial charge on any atom is -0.297 e. The van der Waals surface area contributed by atoms with Crippen LogP contribution in [0.2, 0.25) is 0 Å². The number of rotatable bonds is 2. The fraction of sp³-hybridized carbons (Fsp3) is 0.455. The summed E-state index contributed by atoms with van der Waals surface area (Å²) in [5.74, 6) is 0.184. The number of carbonyl (C=O) groups excluding carboxylic acids is 1. The van der Waals surface area contributed by atoms with E-state index in [0.717, 1.165) is 5.56 Å². The second-order valence-corrected chi connectivity index (χ2v) is 5.17. The van der Waals surface area contributed by atoms with E-state index in [1.165, 1.54) is 0 Å². The SMILES string of the molecule is CC(C)(C)C(=O)C(Br)c1ccncc1. The Labute approximate surface area is 92.9 Å². The van der Waals surface area contributed by atoms with Crippen LogP contribution >= 0.6 is 15.9 Å². The van der Waals surface area contributed by atoms with Crippen molar-refractivity contribution < 1.29 is 4.79 Å². The Bertz CT molecular complexity index is 316. The molecular formula is C11H14BrNO. The molecular weight excluding hydrogens is 242 g/mol. The van der Waals surface area contributed by atoms with Crippen molar-refractivity contribution in [2.24, 2.45) is 5.41 Å². The second-order valence-electron chi connectivity index (χ2n) is 4.26. The number of Topliss-reactive ketones (excluding diaryl/α,β-unsaturated/α-hetero) is 1. The monoisotopic (exact) mass is 255 g/mol. The summed E-state index contributed by atoms with van der Waals surface area (Å²) in [6.07, 6.45) is 3.39. The van der Waals surface area contributed by atoms with Crippen molar-refractivity contribution in [1.82, 2.24) is 4.98 Å². The normalized spacial score (nSPS) is 13.7. The minimum atomic E-state index is -0.322. The Morgan fingerprint density at radius 3 is 2.29 bits per heavy atom. The van der Waals surface area contributed by atoms with Gasteiger partial charge in [0.25, 0.3) is 0 Å². The fourth-order valence-corrected chi connectivity index (χ4v) is 2.06. The van der Waals surface area contributed by atoms with Gasteiger partial charge in [0, 0.05) is 17.8 Å². The molecule has 1 unspecified atom stereocenters. The Morgan fingerprint density at radius 1 is 1.36 bits per heavy atom. The Morgan fingerprint density at radius 2 is 1.86 bits per heavy atom. The van der Waals surface area contributed by atoms with Crippen LogP contribution in [-0.2, 0) is 4.79 Å². The molecule has 1 rings (SSSR count). The van der Waals surface area contributed by atoms with Crippen LogP contribution in [0.15, 0.2) is 24.5 Å². The number of alkyl halides is 1. The molecule has 0 spiro atoms. The number of pyridine rings is 1. The minimum absolute atomic E-state index is 0.184. The summed E-state index contributed by atoms with van der Waals surface area (Å²) >= 11 is 3.41. The summed E-state index contributed by atoms with van der Waals surface area (Å²) in [4.78, 5) is 15.6. The first-order chi connectivity index (χ1) is 6.43. The standard InChI is InChI=1S/C11H14BrNO/c1-11(2,3)10(14)9(12)8-4-6-13-7-5-8/h4-7,9H,1-3H3. The molecule has 0 N–H and O–H groups in total. The smallest absolute Gasteiger partial charge is 0.156 e. The number of halogens is 1. The highest BCUT2D eigenvalue weighted by Gasteiger charge is 2.28. The number of nitrogens with zero attached hydrogens (tertiary/aromatic N) is 1. The van der Waals surface area contributed by atoms with Gasteiger partial charge in [-0.15, -0.1) is 0 Å². The molecule has 0 fully saturated rings. The Hall–Kier alpha value is -0.700. The van der Waals surface area contributed by atoms with Gasteiger partial charge in [-0.05, 0) is 17.7 Å². The maximum atomic E-state index is 11.9. The molecule has 0 aliphatic carbocycles. The van der Waals surface area contributed by atoms with E-state index in [1.54, 1.807) is 12.4 Å². The summed E-state index contributed by atoms with van der Waals surface area (Å²) in [6, 6.07) is 3.70. The molecule has 14 heavy (non-hydrogen) atoms. The van der Waals surface area contributed by atoms with Crippen LogP contribution < -0.4 is 0 Å². The molecule has 0 radical (unpaired) electrons. The van der Waals surface area contributed by atoms with E-state index in [9.17, 15) is 4.79 Å². The van der Waals surface area contributed by atoms with Gasteiger partial charge in [-0.1, -0.05) is 36.7 Å². The van der Waals surface area contributed by atoms with Crippen molar-refractivity contribution in [2.75, 3.05) is 0 Å². The van der Waals surface area contributed by atoms with Crippen LogP contribution in [0, 0.1) is 5.41 Å². The summed E-state index contributed by atoms with van der Waals surface area (Å²) in [5.41, 5.74) is 0.636.